The summed E-state index contributed by atoms with van der Waals surface area (Å²) < 4.78 is 29.1. The van der Waals surface area contributed by atoms with Gasteiger partial charge in [0.2, 0.25) is 15.9 Å². The number of nitrogens with zero attached hydrogens (tertiary/aromatic N) is 1. The second kappa shape index (κ2) is 8.99. The summed E-state index contributed by atoms with van der Waals surface area (Å²) in [6, 6.07) is 15.1. The van der Waals surface area contributed by atoms with Crippen molar-refractivity contribution in [2.24, 2.45) is 0 Å². The monoisotopic (exact) mass is 450 g/mol. The molecular formula is C20H23BrN2O3S. The summed E-state index contributed by atoms with van der Waals surface area (Å²) in [6.07, 6.45) is 3.36. The molecule has 0 aliphatic carbocycles. The number of piperidine rings is 1. The standard InChI is InChI=1S/C20H23BrN2O3S/c21-17-9-11-18(12-10-17)27(25,26)22-19(15-16-7-3-1-4-8-16)20(24)23-13-5-2-6-14-23/h1,3-4,7-12,19,22H,2,5-6,13-15H2. The Hall–Kier alpha value is -1.70. The molecule has 0 bridgehead atoms. The molecule has 0 spiro atoms. The minimum Gasteiger partial charge on any atom is -0.341 e. The summed E-state index contributed by atoms with van der Waals surface area (Å²) in [6.45, 7) is 1.37. The molecular weight excluding hydrogens is 428 g/mol. The van der Waals surface area contributed by atoms with Gasteiger partial charge in [-0.05, 0) is 55.5 Å². The first-order chi connectivity index (χ1) is 13.0. The Morgan fingerprint density at radius 2 is 1.63 bits per heavy atom. The number of hydrogen-bond donors (Lipinski definition) is 1. The van der Waals surface area contributed by atoms with E-state index in [-0.39, 0.29) is 10.8 Å². The second-order valence-electron chi connectivity index (χ2n) is 6.70. The summed E-state index contributed by atoms with van der Waals surface area (Å²) in [5.41, 5.74) is 0.923. The molecule has 1 heterocycles. The van der Waals surface area contributed by atoms with Crippen LogP contribution in [0.2, 0.25) is 0 Å². The molecule has 1 saturated heterocycles. The summed E-state index contributed by atoms with van der Waals surface area (Å²) in [5.74, 6) is -0.153. The number of benzene rings is 2. The molecule has 1 aliphatic rings. The number of hydrogen-bond acceptors (Lipinski definition) is 3. The fraction of sp³-hybridized carbons (Fsp3) is 0.350. The fourth-order valence-corrected chi connectivity index (χ4v) is 4.69. The molecule has 5 nitrogen and oxygen atoms in total. The molecule has 0 aromatic heterocycles. The van der Waals surface area contributed by atoms with Gasteiger partial charge in [-0.15, -0.1) is 0 Å². The number of halogens is 1. The molecule has 1 amide bonds. The molecule has 1 aliphatic heterocycles. The topological polar surface area (TPSA) is 66.5 Å². The Morgan fingerprint density at radius 1 is 1.00 bits per heavy atom. The van der Waals surface area contributed by atoms with Crippen molar-refractivity contribution in [2.45, 2.75) is 36.6 Å². The van der Waals surface area contributed by atoms with Crippen molar-refractivity contribution < 1.29 is 13.2 Å². The van der Waals surface area contributed by atoms with Crippen LogP contribution in [0, 0.1) is 0 Å². The van der Waals surface area contributed by atoms with E-state index in [0.29, 0.717) is 19.5 Å². The summed E-state index contributed by atoms with van der Waals surface area (Å²) in [7, 11) is -3.80. The lowest BCUT2D eigenvalue weighted by molar-refractivity contribution is -0.133. The van der Waals surface area contributed by atoms with Crippen LogP contribution in [0.3, 0.4) is 0 Å². The Kier molecular flexibility index (Phi) is 6.68. The van der Waals surface area contributed by atoms with Crippen molar-refractivity contribution in [3.8, 4) is 0 Å². The third-order valence-electron chi connectivity index (χ3n) is 4.67. The smallest absolute Gasteiger partial charge is 0.241 e. The third kappa shape index (κ3) is 5.40. The summed E-state index contributed by atoms with van der Waals surface area (Å²) in [4.78, 5) is 15.0. The maximum Gasteiger partial charge on any atom is 0.241 e. The normalized spacial score (nSPS) is 16.1. The highest BCUT2D eigenvalue weighted by atomic mass is 79.9. The van der Waals surface area contributed by atoms with Crippen LogP contribution in [0.1, 0.15) is 24.8 Å². The van der Waals surface area contributed by atoms with Gasteiger partial charge in [0, 0.05) is 17.6 Å². The van der Waals surface area contributed by atoms with Crippen molar-refractivity contribution >= 4 is 31.9 Å². The number of carbonyl (C=O) groups is 1. The average Bonchev–Trinajstić information content (AvgIpc) is 2.68. The molecule has 27 heavy (non-hydrogen) atoms. The number of carbonyl (C=O) groups excluding carboxylic acids is 1. The molecule has 2 aromatic rings. The van der Waals surface area contributed by atoms with Gasteiger partial charge < -0.3 is 4.90 Å². The van der Waals surface area contributed by atoms with Crippen LogP contribution in [0.25, 0.3) is 0 Å². The summed E-state index contributed by atoms with van der Waals surface area (Å²) in [5, 5.41) is 0. The largest absolute Gasteiger partial charge is 0.341 e. The van der Waals surface area contributed by atoms with Gasteiger partial charge in [-0.1, -0.05) is 46.3 Å². The first kappa shape index (κ1) is 20.0. The minimum absolute atomic E-state index is 0.148. The van der Waals surface area contributed by atoms with Gasteiger partial charge in [-0.25, -0.2) is 8.42 Å². The van der Waals surface area contributed by atoms with E-state index in [1.165, 1.54) is 12.1 Å². The highest BCUT2D eigenvalue weighted by Gasteiger charge is 2.30. The number of nitrogens with one attached hydrogen (secondary N) is 1. The lowest BCUT2D eigenvalue weighted by Gasteiger charge is -2.30. The Bertz CT molecular complexity index is 864. The number of sulfonamides is 1. The lowest BCUT2D eigenvalue weighted by atomic mass is 10.0. The molecule has 1 atom stereocenters. The molecule has 3 rings (SSSR count). The fourth-order valence-electron chi connectivity index (χ4n) is 3.23. The zero-order valence-electron chi connectivity index (χ0n) is 15.0. The van der Waals surface area contributed by atoms with E-state index in [1.807, 2.05) is 30.3 Å². The second-order valence-corrected chi connectivity index (χ2v) is 9.33. The van der Waals surface area contributed by atoms with Gasteiger partial charge in [0.1, 0.15) is 6.04 Å². The lowest BCUT2D eigenvalue weighted by Crippen LogP contribution is -2.50. The first-order valence-electron chi connectivity index (χ1n) is 9.06. The van der Waals surface area contributed by atoms with Crippen LogP contribution in [0.5, 0.6) is 0 Å². The molecule has 0 radical (unpaired) electrons. The summed E-state index contributed by atoms with van der Waals surface area (Å²) >= 11 is 3.31. The van der Waals surface area contributed by atoms with Gasteiger partial charge in [0.25, 0.3) is 0 Å². The number of likely N-dealkylation sites (tertiary alicyclic amines) is 1. The van der Waals surface area contributed by atoms with Crippen molar-refractivity contribution in [2.75, 3.05) is 13.1 Å². The van der Waals surface area contributed by atoms with Crippen LogP contribution in [-0.4, -0.2) is 38.4 Å². The molecule has 1 fully saturated rings. The molecule has 0 saturated carbocycles. The van der Waals surface area contributed by atoms with Gasteiger partial charge in [0.05, 0.1) is 4.90 Å². The molecule has 2 aromatic carbocycles. The number of amides is 1. The Balaban J connectivity index is 1.84. The van der Waals surface area contributed by atoms with E-state index < -0.39 is 16.1 Å². The minimum atomic E-state index is -3.80. The molecule has 7 heteroatoms. The zero-order valence-corrected chi connectivity index (χ0v) is 17.4. The van der Waals surface area contributed by atoms with E-state index in [9.17, 15) is 13.2 Å². The van der Waals surface area contributed by atoms with Gasteiger partial charge in [-0.2, -0.15) is 4.72 Å². The Labute approximate surface area is 169 Å². The van der Waals surface area contributed by atoms with Crippen LogP contribution in [0.4, 0.5) is 0 Å². The first-order valence-corrected chi connectivity index (χ1v) is 11.3. The molecule has 1 unspecified atom stereocenters. The molecule has 1 N–H and O–H groups in total. The van der Waals surface area contributed by atoms with Crippen molar-refractivity contribution in [1.29, 1.82) is 0 Å². The zero-order chi connectivity index (χ0) is 19.3. The quantitative estimate of drug-likeness (QED) is 0.733. The predicted molar refractivity (Wildman–Crippen MR) is 109 cm³/mol. The van der Waals surface area contributed by atoms with E-state index in [0.717, 1.165) is 29.3 Å². The highest BCUT2D eigenvalue weighted by Crippen LogP contribution is 2.17. The van der Waals surface area contributed by atoms with Crippen molar-refractivity contribution in [3.63, 3.8) is 0 Å². The molecule has 144 valence electrons. The predicted octanol–water partition coefficient (Wildman–Crippen LogP) is 3.35. The average molecular weight is 451 g/mol. The Morgan fingerprint density at radius 3 is 2.26 bits per heavy atom. The maximum atomic E-state index is 13.1. The van der Waals surface area contributed by atoms with Crippen LogP contribution >= 0.6 is 15.9 Å². The SMILES string of the molecule is O=C(C(Cc1ccccc1)NS(=O)(=O)c1ccc(Br)cc1)N1CCCCC1. The third-order valence-corrected chi connectivity index (χ3v) is 6.69. The van der Waals surface area contributed by atoms with Crippen LogP contribution < -0.4 is 4.72 Å². The maximum absolute atomic E-state index is 13.1. The highest BCUT2D eigenvalue weighted by molar-refractivity contribution is 9.10. The van der Waals surface area contributed by atoms with E-state index in [4.69, 9.17) is 0 Å². The van der Waals surface area contributed by atoms with Gasteiger partial charge in [0.15, 0.2) is 0 Å². The van der Waals surface area contributed by atoms with Gasteiger partial charge >= 0.3 is 0 Å². The van der Waals surface area contributed by atoms with Gasteiger partial charge in [-0.3, -0.25) is 4.79 Å². The van der Waals surface area contributed by atoms with Crippen LogP contribution in [-0.2, 0) is 21.2 Å². The van der Waals surface area contributed by atoms with E-state index in [1.54, 1.807) is 17.0 Å². The van der Waals surface area contributed by atoms with E-state index in [2.05, 4.69) is 20.7 Å². The van der Waals surface area contributed by atoms with E-state index >= 15 is 0 Å². The number of rotatable bonds is 6. The van der Waals surface area contributed by atoms with Crippen LogP contribution in [0.15, 0.2) is 64.0 Å². The van der Waals surface area contributed by atoms with Crippen molar-refractivity contribution in [3.05, 3.63) is 64.6 Å². The van der Waals surface area contributed by atoms with Crippen molar-refractivity contribution in [1.82, 2.24) is 9.62 Å².